The summed E-state index contributed by atoms with van der Waals surface area (Å²) in [6.07, 6.45) is 2.97. The van der Waals surface area contributed by atoms with Gasteiger partial charge in [-0.25, -0.2) is 4.68 Å². The van der Waals surface area contributed by atoms with Crippen LogP contribution in [0.1, 0.15) is 54.7 Å². The molecule has 4 heterocycles. The third-order valence-electron chi connectivity index (χ3n) is 7.38. The van der Waals surface area contributed by atoms with Gasteiger partial charge in [-0.05, 0) is 54.3 Å². The first-order chi connectivity index (χ1) is 18.6. The van der Waals surface area contributed by atoms with Crippen molar-refractivity contribution in [3.05, 3.63) is 75.3 Å². The molecule has 0 spiro atoms. The Balaban J connectivity index is 1.35. The van der Waals surface area contributed by atoms with Gasteiger partial charge < -0.3 is 19.2 Å². The van der Waals surface area contributed by atoms with Crippen LogP contribution in [0, 0.1) is 6.92 Å². The number of aromatic amines is 1. The van der Waals surface area contributed by atoms with Gasteiger partial charge >= 0.3 is 0 Å². The molecule has 2 aliphatic rings. The molecule has 0 radical (unpaired) electrons. The third-order valence-corrected chi connectivity index (χ3v) is 7.38. The zero-order valence-electron chi connectivity index (χ0n) is 21.7. The summed E-state index contributed by atoms with van der Waals surface area (Å²) in [4.78, 5) is 18.6. The molecular weight excluding hydrogens is 484 g/mol. The lowest BCUT2D eigenvalue weighted by Crippen LogP contribution is -2.33. The lowest BCUT2D eigenvalue weighted by molar-refractivity contribution is 0.0888. The molecule has 2 aromatic carbocycles. The van der Waals surface area contributed by atoms with E-state index in [2.05, 4.69) is 63.5 Å². The number of aromatic nitrogens is 5. The van der Waals surface area contributed by atoms with Gasteiger partial charge in [-0.1, -0.05) is 36.8 Å². The molecular formula is C28H32N6O4. The Bertz CT molecular complexity index is 1480. The number of tetrazole rings is 1. The molecule has 1 N–H and O–H groups in total. The smallest absolute Gasteiger partial charge is 0.252 e. The Labute approximate surface area is 220 Å². The van der Waals surface area contributed by atoms with E-state index < -0.39 is 0 Å². The second-order valence-corrected chi connectivity index (χ2v) is 10.1. The number of fused-ring (bicyclic) bond motifs is 2. The van der Waals surface area contributed by atoms with E-state index in [0.717, 1.165) is 48.2 Å². The fraction of sp³-hybridized carbons (Fsp3) is 0.429. The first-order valence-electron chi connectivity index (χ1n) is 13.2. The van der Waals surface area contributed by atoms with Crippen LogP contribution in [0.5, 0.6) is 11.5 Å². The van der Waals surface area contributed by atoms with Crippen LogP contribution >= 0.6 is 0 Å². The standard InChI is InChI=1S/C28H32N6O4/c1-3-24(27-30-31-32-34(27)16-22-5-4-10-36-22)33(14-19-8-6-18(2)7-9-19)15-21-11-20-12-25-26(38-17-37-25)13-23(20)29-28(21)35/h6-9,11-13,22,24H,3-5,10,14-17H2,1-2H3,(H,29,35). The van der Waals surface area contributed by atoms with Gasteiger partial charge in [0.1, 0.15) is 0 Å². The number of rotatable bonds is 9. The first kappa shape index (κ1) is 24.6. The zero-order chi connectivity index (χ0) is 26.1. The van der Waals surface area contributed by atoms with E-state index in [-0.39, 0.29) is 24.5 Å². The van der Waals surface area contributed by atoms with E-state index in [0.29, 0.717) is 36.7 Å². The average Bonchev–Trinajstić information content (AvgIpc) is 3.68. The largest absolute Gasteiger partial charge is 0.454 e. The SMILES string of the molecule is CCC(c1nnnn1CC1CCCO1)N(Cc1ccc(C)cc1)Cc1cc2cc3c(cc2[nH]c1=O)OCO3. The molecule has 6 rings (SSSR count). The summed E-state index contributed by atoms with van der Waals surface area (Å²) < 4.78 is 18.8. The summed E-state index contributed by atoms with van der Waals surface area (Å²) in [5.41, 5.74) is 3.63. The maximum absolute atomic E-state index is 13.2. The van der Waals surface area contributed by atoms with Gasteiger partial charge in [0.2, 0.25) is 6.79 Å². The van der Waals surface area contributed by atoms with E-state index >= 15 is 0 Å². The van der Waals surface area contributed by atoms with Crippen LogP contribution in [0.3, 0.4) is 0 Å². The van der Waals surface area contributed by atoms with Gasteiger partial charge in [0, 0.05) is 36.7 Å². The fourth-order valence-electron chi connectivity index (χ4n) is 5.35. The maximum atomic E-state index is 13.2. The fourth-order valence-corrected chi connectivity index (χ4v) is 5.35. The number of aryl methyl sites for hydroxylation is 1. The monoisotopic (exact) mass is 516 g/mol. The number of nitrogens with one attached hydrogen (secondary N) is 1. The number of hydrogen-bond donors (Lipinski definition) is 1. The van der Waals surface area contributed by atoms with Gasteiger partial charge in [0.15, 0.2) is 17.3 Å². The molecule has 10 heteroatoms. The second-order valence-electron chi connectivity index (χ2n) is 10.1. The molecule has 38 heavy (non-hydrogen) atoms. The lowest BCUT2D eigenvalue weighted by atomic mass is 10.1. The van der Waals surface area contributed by atoms with Crippen LogP contribution in [0.15, 0.2) is 47.3 Å². The quantitative estimate of drug-likeness (QED) is 0.357. The highest BCUT2D eigenvalue weighted by Gasteiger charge is 2.28. The van der Waals surface area contributed by atoms with E-state index in [1.165, 1.54) is 5.56 Å². The Morgan fingerprint density at radius 3 is 2.71 bits per heavy atom. The summed E-state index contributed by atoms with van der Waals surface area (Å²) >= 11 is 0. The van der Waals surface area contributed by atoms with Gasteiger partial charge in [-0.15, -0.1) is 5.10 Å². The number of ether oxygens (including phenoxy) is 3. The van der Waals surface area contributed by atoms with Crippen molar-refractivity contribution in [2.45, 2.75) is 64.9 Å². The van der Waals surface area contributed by atoms with Crippen LogP contribution in [0.25, 0.3) is 10.9 Å². The minimum absolute atomic E-state index is 0.0976. The topological polar surface area (TPSA) is 107 Å². The van der Waals surface area contributed by atoms with Gasteiger partial charge in [0.05, 0.1) is 24.2 Å². The van der Waals surface area contributed by atoms with Crippen molar-refractivity contribution in [1.29, 1.82) is 0 Å². The van der Waals surface area contributed by atoms with Gasteiger partial charge in [-0.3, -0.25) is 9.69 Å². The molecule has 10 nitrogen and oxygen atoms in total. The molecule has 2 unspecified atom stereocenters. The molecule has 0 bridgehead atoms. The summed E-state index contributed by atoms with van der Waals surface area (Å²) in [6, 6.07) is 14.1. The molecule has 1 saturated heterocycles. The normalized spacial score (nSPS) is 17.5. The zero-order valence-corrected chi connectivity index (χ0v) is 21.7. The molecule has 2 atom stereocenters. The molecule has 198 valence electrons. The Kier molecular flexibility index (Phi) is 6.82. The molecule has 0 aliphatic carbocycles. The van der Waals surface area contributed by atoms with Crippen LogP contribution in [0.2, 0.25) is 0 Å². The average molecular weight is 517 g/mol. The summed E-state index contributed by atoms with van der Waals surface area (Å²) in [6.45, 7) is 6.87. The van der Waals surface area contributed by atoms with Crippen molar-refractivity contribution in [3.8, 4) is 11.5 Å². The second kappa shape index (κ2) is 10.5. The van der Waals surface area contributed by atoms with Gasteiger partial charge in [-0.2, -0.15) is 0 Å². The van der Waals surface area contributed by atoms with E-state index in [1.54, 1.807) is 0 Å². The first-order valence-corrected chi connectivity index (χ1v) is 13.2. The van der Waals surface area contributed by atoms with E-state index in [4.69, 9.17) is 14.2 Å². The number of H-pyrrole nitrogens is 1. The van der Waals surface area contributed by atoms with Crippen molar-refractivity contribution < 1.29 is 14.2 Å². The number of nitrogens with zero attached hydrogens (tertiary/aromatic N) is 5. The molecule has 4 aromatic rings. The van der Waals surface area contributed by atoms with Crippen molar-refractivity contribution >= 4 is 10.9 Å². The van der Waals surface area contributed by atoms with Crippen molar-refractivity contribution in [2.24, 2.45) is 0 Å². The third kappa shape index (κ3) is 5.01. The van der Waals surface area contributed by atoms with Crippen molar-refractivity contribution in [3.63, 3.8) is 0 Å². The highest BCUT2D eigenvalue weighted by molar-refractivity contribution is 5.83. The highest BCUT2D eigenvalue weighted by atomic mass is 16.7. The number of benzene rings is 2. The predicted molar refractivity (Wildman–Crippen MR) is 141 cm³/mol. The van der Waals surface area contributed by atoms with Crippen LogP contribution in [0.4, 0.5) is 0 Å². The summed E-state index contributed by atoms with van der Waals surface area (Å²) in [5.74, 6) is 2.12. The highest BCUT2D eigenvalue weighted by Crippen LogP contribution is 2.35. The summed E-state index contributed by atoms with van der Waals surface area (Å²) in [5, 5.41) is 13.7. The van der Waals surface area contributed by atoms with Crippen LogP contribution < -0.4 is 15.0 Å². The van der Waals surface area contributed by atoms with E-state index in [1.807, 2.05) is 22.9 Å². The van der Waals surface area contributed by atoms with Crippen LogP contribution in [-0.4, -0.2) is 49.6 Å². The van der Waals surface area contributed by atoms with Crippen LogP contribution in [-0.2, 0) is 24.4 Å². The van der Waals surface area contributed by atoms with E-state index in [9.17, 15) is 4.79 Å². The maximum Gasteiger partial charge on any atom is 0.252 e. The Morgan fingerprint density at radius 1 is 1.13 bits per heavy atom. The number of hydrogen-bond acceptors (Lipinski definition) is 8. The van der Waals surface area contributed by atoms with Crippen molar-refractivity contribution in [2.75, 3.05) is 13.4 Å². The summed E-state index contributed by atoms with van der Waals surface area (Å²) in [7, 11) is 0. The number of pyridine rings is 1. The Morgan fingerprint density at radius 2 is 1.95 bits per heavy atom. The minimum Gasteiger partial charge on any atom is -0.454 e. The minimum atomic E-state index is -0.126. The molecule has 2 aromatic heterocycles. The molecule has 1 fully saturated rings. The van der Waals surface area contributed by atoms with Gasteiger partial charge in [0.25, 0.3) is 5.56 Å². The molecule has 0 saturated carbocycles. The van der Waals surface area contributed by atoms with Crippen molar-refractivity contribution in [1.82, 2.24) is 30.1 Å². The predicted octanol–water partition coefficient (Wildman–Crippen LogP) is 3.88. The molecule has 2 aliphatic heterocycles. The Hall–Kier alpha value is -3.76. The molecule has 0 amide bonds. The lowest BCUT2D eigenvalue weighted by Gasteiger charge is -2.30.